The van der Waals surface area contributed by atoms with Crippen LogP contribution in [0.2, 0.25) is 0 Å². The first-order chi connectivity index (χ1) is 13.7. The van der Waals surface area contributed by atoms with Crippen LogP contribution >= 0.6 is 0 Å². The van der Waals surface area contributed by atoms with Gasteiger partial charge >= 0.3 is 18.7 Å². The van der Waals surface area contributed by atoms with E-state index in [1.165, 1.54) is 6.07 Å². The van der Waals surface area contributed by atoms with Crippen molar-refractivity contribution in [2.24, 2.45) is 0 Å². The van der Waals surface area contributed by atoms with Crippen molar-refractivity contribution in [2.45, 2.75) is 18.7 Å². The summed E-state index contributed by atoms with van der Waals surface area (Å²) in [7, 11) is 0. The number of benzene rings is 2. The Bertz CT molecular complexity index is 1070. The topological polar surface area (TPSA) is 34.1 Å². The third-order valence-corrected chi connectivity index (χ3v) is 3.78. The number of pyridine rings is 1. The maximum absolute atomic E-state index is 13.3. The number of aromatic nitrogens is 1. The predicted octanol–water partition coefficient (Wildman–Crippen LogP) is 6.91. The molecule has 0 radical (unpaired) electrons. The van der Waals surface area contributed by atoms with E-state index in [9.17, 15) is 39.5 Å². The van der Waals surface area contributed by atoms with Crippen molar-refractivity contribution >= 4 is 22.3 Å². The summed E-state index contributed by atoms with van der Waals surface area (Å²) in [5, 5.41) is 2.10. The summed E-state index contributed by atoms with van der Waals surface area (Å²) in [6.07, 6.45) is -15.0. The van der Waals surface area contributed by atoms with Gasteiger partial charge in [0.05, 0.1) is 16.8 Å². The van der Waals surface area contributed by atoms with Crippen molar-refractivity contribution in [1.29, 1.82) is 0 Å². The van der Waals surface area contributed by atoms with Crippen molar-refractivity contribution < 1.29 is 44.3 Å². The van der Waals surface area contributed by atoms with Gasteiger partial charge in [0, 0.05) is 17.1 Å². The lowest BCUT2D eigenvalue weighted by Gasteiger charge is -2.17. The Hall–Kier alpha value is -3.18. The Kier molecular flexibility index (Phi) is 5.21. The largest absolute Gasteiger partial charge is 0.573 e. The van der Waals surface area contributed by atoms with E-state index in [2.05, 4.69) is 15.0 Å². The lowest BCUT2D eigenvalue weighted by Crippen LogP contribution is -2.17. The molecule has 1 heterocycles. The quantitative estimate of drug-likeness (QED) is 0.449. The second-order valence-electron chi connectivity index (χ2n) is 5.95. The van der Waals surface area contributed by atoms with Crippen LogP contribution in [0.5, 0.6) is 5.75 Å². The molecule has 0 saturated heterocycles. The van der Waals surface area contributed by atoms with E-state index in [1.807, 2.05) is 0 Å². The molecule has 0 spiro atoms. The summed E-state index contributed by atoms with van der Waals surface area (Å²) in [4.78, 5) is 3.12. The summed E-state index contributed by atoms with van der Waals surface area (Å²) < 4.78 is 120. The maximum Gasteiger partial charge on any atom is 0.573 e. The molecule has 0 bridgehead atoms. The van der Waals surface area contributed by atoms with E-state index in [0.29, 0.717) is 12.1 Å². The average Bonchev–Trinajstić information content (AvgIpc) is 2.58. The normalized spacial score (nSPS) is 12.8. The fraction of sp³-hybridized carbons (Fsp3) is 0.167. The van der Waals surface area contributed by atoms with Gasteiger partial charge in [-0.1, -0.05) is 18.2 Å². The highest BCUT2D eigenvalue weighted by molar-refractivity contribution is 5.95. The zero-order valence-corrected chi connectivity index (χ0v) is 14.4. The number of ether oxygens (including phenoxy) is 1. The van der Waals surface area contributed by atoms with Gasteiger partial charge in [-0.05, 0) is 24.3 Å². The monoisotopic (exact) mass is 440 g/mol. The van der Waals surface area contributed by atoms with Gasteiger partial charge in [-0.25, -0.2) is 4.98 Å². The molecular formula is C18H9F9N2O. The zero-order valence-electron chi connectivity index (χ0n) is 14.4. The molecule has 3 nitrogen and oxygen atoms in total. The molecule has 0 aliphatic rings. The van der Waals surface area contributed by atoms with Gasteiger partial charge in [0.25, 0.3) is 0 Å². The molecule has 3 rings (SSSR count). The molecule has 0 fully saturated rings. The number of nitrogens with zero attached hydrogens (tertiary/aromatic N) is 1. The van der Waals surface area contributed by atoms with E-state index in [1.54, 1.807) is 0 Å². The zero-order chi connectivity index (χ0) is 22.3. The molecule has 2 aromatic carbocycles. The number of rotatable bonds is 3. The van der Waals surface area contributed by atoms with Crippen LogP contribution in [0.15, 0.2) is 48.5 Å². The number of fused-ring (bicyclic) bond motifs is 1. The Labute approximate surface area is 162 Å². The molecular weight excluding hydrogens is 431 g/mol. The molecule has 1 N–H and O–H groups in total. The number of halogens is 9. The average molecular weight is 440 g/mol. The van der Waals surface area contributed by atoms with Gasteiger partial charge in [-0.2, -0.15) is 26.3 Å². The third kappa shape index (κ3) is 4.86. The van der Waals surface area contributed by atoms with Gasteiger partial charge in [0.2, 0.25) is 0 Å². The van der Waals surface area contributed by atoms with Crippen LogP contribution in [0, 0.1) is 0 Å². The van der Waals surface area contributed by atoms with Gasteiger partial charge in [0.15, 0.2) is 0 Å². The van der Waals surface area contributed by atoms with Gasteiger partial charge in [-0.3, -0.25) is 0 Å². The molecule has 0 saturated carbocycles. The minimum absolute atomic E-state index is 0.144. The van der Waals surface area contributed by atoms with Gasteiger partial charge in [0.1, 0.15) is 11.4 Å². The van der Waals surface area contributed by atoms with Crippen molar-refractivity contribution in [3.8, 4) is 5.75 Å². The first kappa shape index (κ1) is 21.5. The molecule has 30 heavy (non-hydrogen) atoms. The Balaban J connectivity index is 2.15. The van der Waals surface area contributed by atoms with E-state index in [4.69, 9.17) is 0 Å². The first-order valence-corrected chi connectivity index (χ1v) is 7.95. The van der Waals surface area contributed by atoms with E-state index >= 15 is 0 Å². The summed E-state index contributed by atoms with van der Waals surface area (Å²) in [5.41, 5.74) is -4.51. The van der Waals surface area contributed by atoms with Crippen LogP contribution in [0.25, 0.3) is 10.9 Å². The molecule has 0 aliphatic heterocycles. The number of alkyl halides is 9. The summed E-state index contributed by atoms with van der Waals surface area (Å²) in [6, 6.07) is 7.25. The minimum atomic E-state index is -5.06. The van der Waals surface area contributed by atoms with Crippen LogP contribution in [-0.2, 0) is 12.4 Å². The fourth-order valence-electron chi connectivity index (χ4n) is 2.65. The van der Waals surface area contributed by atoms with Crippen LogP contribution in [0.3, 0.4) is 0 Å². The number of anilines is 2. The van der Waals surface area contributed by atoms with Gasteiger partial charge < -0.3 is 10.1 Å². The van der Waals surface area contributed by atoms with Crippen molar-refractivity contribution in [3.05, 3.63) is 59.8 Å². The molecule has 0 aliphatic carbocycles. The van der Waals surface area contributed by atoms with Crippen LogP contribution < -0.4 is 10.1 Å². The van der Waals surface area contributed by atoms with E-state index < -0.39 is 46.9 Å². The van der Waals surface area contributed by atoms with Crippen molar-refractivity contribution in [1.82, 2.24) is 4.98 Å². The number of para-hydroxylation sites is 1. The fourth-order valence-corrected chi connectivity index (χ4v) is 2.65. The summed E-state index contributed by atoms with van der Waals surface area (Å²) in [6.45, 7) is 0. The molecule has 0 amide bonds. The SMILES string of the molecule is FC(F)(F)Oc1cccc(Nc2cc(C(F)(F)F)nc3c(C(F)(F)F)cccc23)c1. The van der Waals surface area contributed by atoms with E-state index in [-0.39, 0.29) is 11.1 Å². The summed E-state index contributed by atoms with van der Waals surface area (Å²) >= 11 is 0. The number of hydrogen-bond acceptors (Lipinski definition) is 3. The molecule has 160 valence electrons. The lowest BCUT2D eigenvalue weighted by molar-refractivity contribution is -0.274. The first-order valence-electron chi connectivity index (χ1n) is 7.95. The van der Waals surface area contributed by atoms with Crippen LogP contribution in [0.1, 0.15) is 11.3 Å². The molecule has 0 unspecified atom stereocenters. The predicted molar refractivity (Wildman–Crippen MR) is 88.2 cm³/mol. The maximum atomic E-state index is 13.3. The standard InChI is InChI=1S/C18H9F9N2O/c19-16(20,21)12-6-2-5-11-13(8-14(17(22,23)24)29-15(11)12)28-9-3-1-4-10(7-9)30-18(25,26)27/h1-8H,(H,28,29). The highest BCUT2D eigenvalue weighted by atomic mass is 19.4. The van der Waals surface area contributed by atoms with Crippen LogP contribution in [0.4, 0.5) is 50.9 Å². The lowest BCUT2D eigenvalue weighted by atomic mass is 10.1. The Morgan fingerprint density at radius 3 is 2.03 bits per heavy atom. The number of nitrogens with one attached hydrogen (secondary N) is 1. The molecule has 12 heteroatoms. The molecule has 3 aromatic rings. The third-order valence-electron chi connectivity index (χ3n) is 3.78. The Morgan fingerprint density at radius 1 is 0.767 bits per heavy atom. The Morgan fingerprint density at radius 2 is 1.43 bits per heavy atom. The molecule has 0 atom stereocenters. The summed E-state index contributed by atoms with van der Waals surface area (Å²) in [5.74, 6) is -0.669. The number of hydrogen-bond donors (Lipinski definition) is 1. The van der Waals surface area contributed by atoms with Gasteiger partial charge in [-0.15, -0.1) is 13.2 Å². The smallest absolute Gasteiger partial charge is 0.406 e. The minimum Gasteiger partial charge on any atom is -0.406 e. The van der Waals surface area contributed by atoms with Crippen LogP contribution in [-0.4, -0.2) is 11.3 Å². The highest BCUT2D eigenvalue weighted by Gasteiger charge is 2.37. The van der Waals surface area contributed by atoms with E-state index in [0.717, 1.165) is 30.3 Å². The molecule has 1 aromatic heterocycles. The second-order valence-corrected chi connectivity index (χ2v) is 5.95. The van der Waals surface area contributed by atoms with Crippen molar-refractivity contribution in [3.63, 3.8) is 0 Å². The van der Waals surface area contributed by atoms with Crippen molar-refractivity contribution in [2.75, 3.05) is 5.32 Å². The second kappa shape index (κ2) is 7.26. The highest BCUT2D eigenvalue weighted by Crippen LogP contribution is 2.40.